The molecule has 0 radical (unpaired) electrons. The number of hydrogen-bond acceptors (Lipinski definition) is 3. The van der Waals surface area contributed by atoms with Crippen LogP contribution in [0.4, 0.5) is 4.39 Å². The van der Waals surface area contributed by atoms with Gasteiger partial charge in [0.1, 0.15) is 5.82 Å². The van der Waals surface area contributed by atoms with E-state index in [-0.39, 0.29) is 29.8 Å². The Kier molecular flexibility index (Phi) is 11.5. The Balaban J connectivity index is 0.00000392. The third-order valence-corrected chi connectivity index (χ3v) is 4.69. The van der Waals surface area contributed by atoms with E-state index in [1.165, 1.54) is 17.2 Å². The van der Waals surface area contributed by atoms with Crippen LogP contribution >= 0.6 is 35.7 Å². The largest absolute Gasteiger partial charge is 0.352 e. The number of hydrogen-bond donors (Lipinski definition) is 2. The van der Waals surface area contributed by atoms with Gasteiger partial charge in [0.05, 0.1) is 0 Å². The van der Waals surface area contributed by atoms with Crippen molar-refractivity contribution in [2.24, 2.45) is 4.99 Å². The van der Waals surface area contributed by atoms with E-state index in [2.05, 4.69) is 58.9 Å². The lowest BCUT2D eigenvalue weighted by Crippen LogP contribution is -2.36. The highest BCUT2D eigenvalue weighted by Crippen LogP contribution is 2.16. The zero-order valence-electron chi connectivity index (χ0n) is 17.0. The first-order chi connectivity index (χ1) is 13.0. The first-order valence-electron chi connectivity index (χ1n) is 8.95. The molecule has 4 nitrogen and oxygen atoms in total. The lowest BCUT2D eigenvalue weighted by atomic mass is 10.1. The van der Waals surface area contributed by atoms with E-state index in [9.17, 15) is 4.39 Å². The molecular formula is C21H30FIN4S. The molecule has 154 valence electrons. The molecule has 7 heteroatoms. The molecule has 0 aromatic heterocycles. The Bertz CT molecular complexity index is 768. The van der Waals surface area contributed by atoms with Crippen LogP contribution in [0.15, 0.2) is 47.5 Å². The van der Waals surface area contributed by atoms with Gasteiger partial charge in [0, 0.05) is 32.4 Å². The monoisotopic (exact) mass is 516 g/mol. The molecule has 2 aromatic rings. The van der Waals surface area contributed by atoms with Crippen molar-refractivity contribution in [2.45, 2.75) is 25.4 Å². The fraction of sp³-hybridized carbons (Fsp3) is 0.381. The number of benzene rings is 2. The third-order valence-electron chi connectivity index (χ3n) is 4.09. The molecule has 0 heterocycles. The molecule has 0 aliphatic rings. The molecule has 0 amide bonds. The van der Waals surface area contributed by atoms with Gasteiger partial charge in [-0.05, 0) is 54.7 Å². The quantitative estimate of drug-likeness (QED) is 0.313. The van der Waals surface area contributed by atoms with Gasteiger partial charge in [0.2, 0.25) is 0 Å². The van der Waals surface area contributed by atoms with Gasteiger partial charge in [0.25, 0.3) is 0 Å². The maximum Gasteiger partial charge on any atom is 0.191 e. The van der Waals surface area contributed by atoms with Crippen molar-refractivity contribution < 1.29 is 4.39 Å². The third kappa shape index (κ3) is 8.36. The van der Waals surface area contributed by atoms with Crippen molar-refractivity contribution in [2.75, 3.05) is 27.4 Å². The van der Waals surface area contributed by atoms with E-state index in [0.29, 0.717) is 13.1 Å². The average Bonchev–Trinajstić information content (AvgIpc) is 2.63. The van der Waals surface area contributed by atoms with Crippen LogP contribution in [-0.2, 0) is 25.4 Å². The number of nitrogens with one attached hydrogen (secondary N) is 2. The first-order valence-corrected chi connectivity index (χ1v) is 10.3. The Morgan fingerprint density at radius 1 is 1.04 bits per heavy atom. The van der Waals surface area contributed by atoms with Crippen LogP contribution < -0.4 is 10.6 Å². The second kappa shape index (κ2) is 13.0. The standard InChI is InChI=1S/C21H29FN4S.HI/c1-23-21(24-12-16-6-5-7-17(10-16)14-26(2)3)25-13-18-8-9-20(22)11-19(18)15-27-4;/h5-11H,12-15H2,1-4H3,(H2,23,24,25);1H. The van der Waals surface area contributed by atoms with Crippen molar-refractivity contribution in [3.8, 4) is 0 Å². The van der Waals surface area contributed by atoms with Gasteiger partial charge in [-0.2, -0.15) is 11.8 Å². The van der Waals surface area contributed by atoms with Gasteiger partial charge in [-0.15, -0.1) is 24.0 Å². The Hall–Kier alpha value is -1.32. The summed E-state index contributed by atoms with van der Waals surface area (Å²) in [5.74, 6) is 1.33. The zero-order valence-corrected chi connectivity index (χ0v) is 20.1. The Labute approximate surface area is 189 Å². The maximum absolute atomic E-state index is 13.5. The van der Waals surface area contributed by atoms with Crippen LogP contribution in [-0.4, -0.2) is 38.3 Å². The van der Waals surface area contributed by atoms with Gasteiger partial charge in [0.15, 0.2) is 5.96 Å². The molecule has 0 aliphatic heterocycles. The molecular weight excluding hydrogens is 486 g/mol. The highest BCUT2D eigenvalue weighted by atomic mass is 127. The van der Waals surface area contributed by atoms with E-state index in [1.54, 1.807) is 24.9 Å². The number of thioether (sulfide) groups is 1. The maximum atomic E-state index is 13.5. The van der Waals surface area contributed by atoms with E-state index < -0.39 is 0 Å². The number of rotatable bonds is 8. The molecule has 2 N–H and O–H groups in total. The van der Waals surface area contributed by atoms with Gasteiger partial charge in [-0.1, -0.05) is 30.3 Å². The Morgan fingerprint density at radius 2 is 1.75 bits per heavy atom. The number of halogens is 2. The summed E-state index contributed by atoms with van der Waals surface area (Å²) in [6, 6.07) is 13.5. The van der Waals surface area contributed by atoms with E-state index in [0.717, 1.165) is 29.4 Å². The van der Waals surface area contributed by atoms with Crippen LogP contribution in [0.5, 0.6) is 0 Å². The molecule has 0 spiro atoms. The van der Waals surface area contributed by atoms with Crippen molar-refractivity contribution in [1.29, 1.82) is 0 Å². The predicted octanol–water partition coefficient (Wildman–Crippen LogP) is 4.23. The summed E-state index contributed by atoms with van der Waals surface area (Å²) in [6.07, 6.45) is 2.02. The van der Waals surface area contributed by atoms with E-state index in [4.69, 9.17) is 0 Å². The molecule has 0 saturated carbocycles. The summed E-state index contributed by atoms with van der Waals surface area (Å²) in [7, 11) is 5.89. The fourth-order valence-electron chi connectivity index (χ4n) is 2.85. The molecule has 2 aromatic carbocycles. The summed E-state index contributed by atoms with van der Waals surface area (Å²) in [4.78, 5) is 6.44. The van der Waals surface area contributed by atoms with E-state index in [1.807, 2.05) is 12.3 Å². The summed E-state index contributed by atoms with van der Waals surface area (Å²) in [5, 5.41) is 6.67. The molecule has 0 fully saturated rings. The minimum Gasteiger partial charge on any atom is -0.352 e. The minimum atomic E-state index is -0.192. The molecule has 28 heavy (non-hydrogen) atoms. The fourth-order valence-corrected chi connectivity index (χ4v) is 3.43. The van der Waals surface area contributed by atoms with Gasteiger partial charge in [-0.25, -0.2) is 4.39 Å². The SMILES string of the molecule is CN=C(NCc1cccc(CN(C)C)c1)NCc1ccc(F)cc1CSC.I. The van der Waals surface area contributed by atoms with Crippen LogP contribution in [0.25, 0.3) is 0 Å². The summed E-state index contributed by atoms with van der Waals surface area (Å²) >= 11 is 1.69. The smallest absolute Gasteiger partial charge is 0.191 e. The predicted molar refractivity (Wildman–Crippen MR) is 130 cm³/mol. The van der Waals surface area contributed by atoms with Gasteiger partial charge in [-0.3, -0.25) is 4.99 Å². The summed E-state index contributed by atoms with van der Waals surface area (Å²) < 4.78 is 13.5. The number of nitrogens with zero attached hydrogens (tertiary/aromatic N) is 2. The summed E-state index contributed by atoms with van der Waals surface area (Å²) in [5.41, 5.74) is 4.60. The highest BCUT2D eigenvalue weighted by molar-refractivity contribution is 14.0. The second-order valence-corrected chi connectivity index (χ2v) is 7.55. The summed E-state index contributed by atoms with van der Waals surface area (Å²) in [6.45, 7) is 2.22. The molecule has 0 aliphatic carbocycles. The molecule has 2 rings (SSSR count). The molecule has 0 unspecified atom stereocenters. The van der Waals surface area contributed by atoms with Gasteiger partial charge >= 0.3 is 0 Å². The topological polar surface area (TPSA) is 39.7 Å². The van der Waals surface area contributed by atoms with Crippen LogP contribution in [0.3, 0.4) is 0 Å². The average molecular weight is 516 g/mol. The van der Waals surface area contributed by atoms with Crippen LogP contribution in [0.2, 0.25) is 0 Å². The second-order valence-electron chi connectivity index (χ2n) is 6.68. The Morgan fingerprint density at radius 3 is 2.43 bits per heavy atom. The van der Waals surface area contributed by atoms with Gasteiger partial charge < -0.3 is 15.5 Å². The van der Waals surface area contributed by atoms with Crippen LogP contribution in [0, 0.1) is 5.82 Å². The van der Waals surface area contributed by atoms with Crippen molar-refractivity contribution >= 4 is 41.7 Å². The number of guanidine groups is 1. The lowest BCUT2D eigenvalue weighted by Gasteiger charge is -2.15. The van der Waals surface area contributed by atoms with Crippen LogP contribution in [0.1, 0.15) is 22.3 Å². The molecule has 0 atom stereocenters. The van der Waals surface area contributed by atoms with Crippen molar-refractivity contribution in [3.63, 3.8) is 0 Å². The lowest BCUT2D eigenvalue weighted by molar-refractivity contribution is 0.402. The molecule has 0 saturated heterocycles. The van der Waals surface area contributed by atoms with Crippen molar-refractivity contribution in [3.05, 3.63) is 70.5 Å². The highest BCUT2D eigenvalue weighted by Gasteiger charge is 2.06. The number of aliphatic imine (C=N–C) groups is 1. The zero-order chi connectivity index (χ0) is 19.6. The normalized spacial score (nSPS) is 11.3. The minimum absolute atomic E-state index is 0. The molecule has 0 bridgehead atoms. The van der Waals surface area contributed by atoms with E-state index >= 15 is 0 Å². The first kappa shape index (κ1) is 24.7. The van der Waals surface area contributed by atoms with Crippen molar-refractivity contribution in [1.82, 2.24) is 15.5 Å².